The number of methoxy groups -OCH3 is 1. The van der Waals surface area contributed by atoms with Gasteiger partial charge >= 0.3 is 0 Å². The first-order valence-electron chi connectivity index (χ1n) is 6.45. The molecule has 1 fully saturated rings. The highest BCUT2D eigenvalue weighted by atomic mass is 16.5. The summed E-state index contributed by atoms with van der Waals surface area (Å²) in [4.78, 5) is 12.0. The van der Waals surface area contributed by atoms with Gasteiger partial charge in [0.2, 0.25) is 0 Å². The van der Waals surface area contributed by atoms with Gasteiger partial charge in [0.25, 0.3) is 5.91 Å². The van der Waals surface area contributed by atoms with E-state index in [-0.39, 0.29) is 22.6 Å². The monoisotopic (exact) mass is 264 g/mol. The van der Waals surface area contributed by atoms with Gasteiger partial charge in [0, 0.05) is 12.6 Å². The number of hydrogen-bond donors (Lipinski definition) is 3. The molecular formula is C14H20N2O3. The highest BCUT2D eigenvalue weighted by molar-refractivity contribution is 5.97. The van der Waals surface area contributed by atoms with E-state index < -0.39 is 0 Å². The highest BCUT2D eigenvalue weighted by Crippen LogP contribution is 2.47. The average molecular weight is 264 g/mol. The number of nitrogens with two attached hydrogens (primary N) is 1. The Hall–Kier alpha value is -1.75. The van der Waals surface area contributed by atoms with Crippen molar-refractivity contribution in [3.63, 3.8) is 0 Å². The predicted molar refractivity (Wildman–Crippen MR) is 72.3 cm³/mol. The molecule has 0 spiro atoms. The van der Waals surface area contributed by atoms with Gasteiger partial charge in [-0.2, -0.15) is 0 Å². The first-order chi connectivity index (χ1) is 9.10. The van der Waals surface area contributed by atoms with Crippen molar-refractivity contribution in [3.8, 4) is 11.5 Å². The number of hydrogen-bond acceptors (Lipinski definition) is 4. The largest absolute Gasteiger partial charge is 0.507 e. The van der Waals surface area contributed by atoms with Crippen molar-refractivity contribution in [2.45, 2.75) is 19.3 Å². The summed E-state index contributed by atoms with van der Waals surface area (Å²) < 4.78 is 4.98. The summed E-state index contributed by atoms with van der Waals surface area (Å²) in [5.74, 6) is 0.194. The molecule has 4 N–H and O–H groups in total. The molecule has 0 aromatic heterocycles. The van der Waals surface area contributed by atoms with Crippen molar-refractivity contribution >= 4 is 5.91 Å². The van der Waals surface area contributed by atoms with Crippen molar-refractivity contribution in [1.82, 2.24) is 5.32 Å². The summed E-state index contributed by atoms with van der Waals surface area (Å²) in [5, 5.41) is 12.7. The van der Waals surface area contributed by atoms with E-state index in [0.29, 0.717) is 18.8 Å². The van der Waals surface area contributed by atoms with E-state index >= 15 is 0 Å². The fraction of sp³-hybridized carbons (Fsp3) is 0.500. The van der Waals surface area contributed by atoms with Gasteiger partial charge in [-0.25, -0.2) is 0 Å². The van der Waals surface area contributed by atoms with Crippen LogP contribution in [-0.4, -0.2) is 31.2 Å². The summed E-state index contributed by atoms with van der Waals surface area (Å²) in [7, 11) is 1.51. The van der Waals surface area contributed by atoms with E-state index in [1.54, 1.807) is 12.1 Å². The summed E-state index contributed by atoms with van der Waals surface area (Å²) in [6, 6.07) is 4.65. The van der Waals surface area contributed by atoms with Crippen LogP contribution in [0.15, 0.2) is 18.2 Å². The van der Waals surface area contributed by atoms with Crippen LogP contribution in [0, 0.1) is 5.41 Å². The van der Waals surface area contributed by atoms with Crippen LogP contribution in [0.5, 0.6) is 11.5 Å². The van der Waals surface area contributed by atoms with E-state index in [9.17, 15) is 9.90 Å². The van der Waals surface area contributed by atoms with Crippen molar-refractivity contribution in [2.75, 3.05) is 20.2 Å². The Morgan fingerprint density at radius 1 is 1.53 bits per heavy atom. The highest BCUT2D eigenvalue weighted by Gasteiger charge is 2.41. The molecule has 1 amide bonds. The number of phenols is 1. The van der Waals surface area contributed by atoms with Crippen molar-refractivity contribution in [2.24, 2.45) is 11.1 Å². The molecule has 0 bridgehead atoms. The van der Waals surface area contributed by atoms with Crippen molar-refractivity contribution < 1.29 is 14.6 Å². The third-order valence-electron chi connectivity index (χ3n) is 3.71. The van der Waals surface area contributed by atoms with Gasteiger partial charge in [0.05, 0.1) is 12.7 Å². The molecule has 1 aromatic carbocycles. The number of benzene rings is 1. The smallest absolute Gasteiger partial charge is 0.255 e. The van der Waals surface area contributed by atoms with Crippen molar-refractivity contribution in [1.29, 1.82) is 0 Å². The average Bonchev–Trinajstić information content (AvgIpc) is 3.16. The molecule has 0 radical (unpaired) electrons. The van der Waals surface area contributed by atoms with Crippen molar-refractivity contribution in [3.05, 3.63) is 23.8 Å². The lowest BCUT2D eigenvalue weighted by Gasteiger charge is -2.15. The van der Waals surface area contributed by atoms with Crippen LogP contribution in [0.3, 0.4) is 0 Å². The van der Waals surface area contributed by atoms with Gasteiger partial charge in [0.15, 0.2) is 0 Å². The Morgan fingerprint density at radius 2 is 2.26 bits per heavy atom. The summed E-state index contributed by atoms with van der Waals surface area (Å²) >= 11 is 0. The van der Waals surface area contributed by atoms with Crippen LogP contribution >= 0.6 is 0 Å². The molecule has 1 aliphatic carbocycles. The number of carbonyl (C=O) groups excluding carboxylic acids is 1. The van der Waals surface area contributed by atoms with Gasteiger partial charge in [0.1, 0.15) is 11.5 Å². The Balaban J connectivity index is 1.96. The minimum atomic E-state index is -0.261. The van der Waals surface area contributed by atoms with Gasteiger partial charge < -0.3 is 20.9 Å². The second-order valence-corrected chi connectivity index (χ2v) is 5.10. The zero-order valence-electron chi connectivity index (χ0n) is 11.1. The SMILES string of the molecule is COc1ccc(C(=O)NCC2(CCN)CC2)c(O)c1. The zero-order valence-corrected chi connectivity index (χ0v) is 11.1. The number of carbonyl (C=O) groups is 1. The molecule has 0 atom stereocenters. The molecule has 5 nitrogen and oxygen atoms in total. The minimum absolute atomic E-state index is 0.0690. The summed E-state index contributed by atoms with van der Waals surface area (Å²) in [5.41, 5.74) is 6.02. The second kappa shape index (κ2) is 5.48. The minimum Gasteiger partial charge on any atom is -0.507 e. The lowest BCUT2D eigenvalue weighted by Crippen LogP contribution is -2.31. The van der Waals surface area contributed by atoms with E-state index in [2.05, 4.69) is 5.32 Å². The first-order valence-corrected chi connectivity index (χ1v) is 6.45. The molecule has 0 saturated heterocycles. The van der Waals surface area contributed by atoms with Gasteiger partial charge in [-0.1, -0.05) is 0 Å². The zero-order chi connectivity index (χ0) is 13.9. The molecule has 2 rings (SSSR count). The number of phenolic OH excluding ortho intramolecular Hbond substituents is 1. The summed E-state index contributed by atoms with van der Waals surface area (Å²) in [6.45, 7) is 1.26. The lowest BCUT2D eigenvalue weighted by atomic mass is 10.0. The maximum atomic E-state index is 12.0. The normalized spacial score (nSPS) is 15.9. The van der Waals surface area contributed by atoms with E-state index in [1.165, 1.54) is 13.2 Å². The van der Waals surface area contributed by atoms with Gasteiger partial charge in [-0.3, -0.25) is 4.79 Å². The molecule has 104 valence electrons. The molecule has 1 aromatic rings. The third-order valence-corrected chi connectivity index (χ3v) is 3.71. The maximum Gasteiger partial charge on any atom is 0.255 e. The maximum absolute atomic E-state index is 12.0. The van der Waals surface area contributed by atoms with Crippen LogP contribution in [0.1, 0.15) is 29.6 Å². The molecule has 0 unspecified atom stereocenters. The standard InChI is InChI=1S/C14H20N2O3/c1-19-10-2-3-11(12(17)8-10)13(18)16-9-14(4-5-14)6-7-15/h2-3,8,17H,4-7,9,15H2,1H3,(H,16,18). The van der Waals surface area contributed by atoms with Gasteiger partial charge in [-0.05, 0) is 43.4 Å². The van der Waals surface area contributed by atoms with E-state index in [4.69, 9.17) is 10.5 Å². The molecular weight excluding hydrogens is 244 g/mol. The Kier molecular flexibility index (Phi) is 3.95. The molecule has 1 saturated carbocycles. The molecule has 1 aliphatic rings. The van der Waals surface area contributed by atoms with Crippen LogP contribution in [-0.2, 0) is 0 Å². The Morgan fingerprint density at radius 3 is 2.79 bits per heavy atom. The van der Waals surface area contributed by atoms with Crippen LogP contribution < -0.4 is 15.8 Å². The lowest BCUT2D eigenvalue weighted by molar-refractivity contribution is 0.0941. The van der Waals surface area contributed by atoms with E-state index in [1.807, 2.05) is 0 Å². The first kappa shape index (κ1) is 13.7. The topological polar surface area (TPSA) is 84.6 Å². The number of amides is 1. The number of ether oxygens (including phenoxy) is 1. The number of rotatable bonds is 6. The van der Waals surface area contributed by atoms with Gasteiger partial charge in [-0.15, -0.1) is 0 Å². The quantitative estimate of drug-likeness (QED) is 0.722. The fourth-order valence-electron chi connectivity index (χ4n) is 2.19. The number of aromatic hydroxyl groups is 1. The van der Waals surface area contributed by atoms with Crippen LogP contribution in [0.2, 0.25) is 0 Å². The van der Waals surface area contributed by atoms with Crippen LogP contribution in [0.4, 0.5) is 0 Å². The molecule has 0 heterocycles. The third kappa shape index (κ3) is 3.17. The molecule has 0 aliphatic heterocycles. The fourth-order valence-corrected chi connectivity index (χ4v) is 2.19. The Labute approximate surface area is 112 Å². The van der Waals surface area contributed by atoms with Crippen LogP contribution in [0.25, 0.3) is 0 Å². The Bertz CT molecular complexity index is 470. The number of nitrogens with one attached hydrogen (secondary N) is 1. The molecule has 5 heteroatoms. The van der Waals surface area contributed by atoms with E-state index in [0.717, 1.165) is 19.3 Å². The second-order valence-electron chi connectivity index (χ2n) is 5.10. The summed E-state index contributed by atoms with van der Waals surface area (Å²) in [6.07, 6.45) is 3.15. The molecule has 19 heavy (non-hydrogen) atoms. The predicted octanol–water partition coefficient (Wildman–Crippen LogP) is 1.26.